The molecule has 2 nitrogen and oxygen atoms in total. The number of phenolic OH excluding ortho intramolecular Hbond substituents is 2. The fraction of sp³-hybridized carbons (Fsp3) is 0.652. The monoisotopic (exact) mass is 346 g/mol. The molecule has 1 rings (SSSR count). The molecule has 0 spiro atoms. The molecule has 0 aliphatic carbocycles. The van der Waals surface area contributed by atoms with Crippen LogP contribution in [0.2, 0.25) is 0 Å². The minimum absolute atomic E-state index is 0.237. The van der Waals surface area contributed by atoms with Gasteiger partial charge in [-0.1, -0.05) is 89.7 Å². The Morgan fingerprint density at radius 1 is 0.720 bits per heavy atom. The normalized spacial score (nSPS) is 11.4. The van der Waals surface area contributed by atoms with Gasteiger partial charge in [-0.25, -0.2) is 0 Å². The Morgan fingerprint density at radius 3 is 1.80 bits per heavy atom. The van der Waals surface area contributed by atoms with Crippen LogP contribution in [0.25, 0.3) is 6.08 Å². The average molecular weight is 347 g/mol. The van der Waals surface area contributed by atoms with Crippen molar-refractivity contribution in [2.24, 2.45) is 0 Å². The van der Waals surface area contributed by atoms with Gasteiger partial charge in [0.25, 0.3) is 0 Å². The lowest BCUT2D eigenvalue weighted by Gasteiger charge is -2.04. The van der Waals surface area contributed by atoms with E-state index >= 15 is 0 Å². The lowest BCUT2D eigenvalue weighted by molar-refractivity contribution is 0.455. The SMILES string of the molecule is CCCCCCCCCCCCCCC=Cc1cc(O)c(C)cc1O. The second kappa shape index (κ2) is 13.8. The van der Waals surface area contributed by atoms with Crippen molar-refractivity contribution in [3.63, 3.8) is 0 Å². The third-order valence-electron chi connectivity index (χ3n) is 4.87. The molecule has 0 radical (unpaired) electrons. The lowest BCUT2D eigenvalue weighted by atomic mass is 10.0. The van der Waals surface area contributed by atoms with E-state index in [1.54, 1.807) is 19.1 Å². The van der Waals surface area contributed by atoms with E-state index < -0.39 is 0 Å². The first kappa shape index (κ1) is 21.6. The molecule has 1 aromatic rings. The second-order valence-corrected chi connectivity index (χ2v) is 7.28. The van der Waals surface area contributed by atoms with Gasteiger partial charge in [0.05, 0.1) is 0 Å². The number of hydrogen-bond acceptors (Lipinski definition) is 2. The first-order chi connectivity index (χ1) is 12.1. The maximum Gasteiger partial charge on any atom is 0.123 e. The summed E-state index contributed by atoms with van der Waals surface area (Å²) in [6, 6.07) is 3.24. The van der Waals surface area contributed by atoms with Gasteiger partial charge in [0, 0.05) is 5.56 Å². The highest BCUT2D eigenvalue weighted by Crippen LogP contribution is 2.27. The zero-order valence-electron chi connectivity index (χ0n) is 16.4. The summed E-state index contributed by atoms with van der Waals surface area (Å²) in [7, 11) is 0. The molecule has 0 aliphatic heterocycles. The van der Waals surface area contributed by atoms with Crippen molar-refractivity contribution in [2.75, 3.05) is 0 Å². The zero-order chi connectivity index (χ0) is 18.3. The summed E-state index contributed by atoms with van der Waals surface area (Å²) in [5, 5.41) is 19.6. The predicted molar refractivity (Wildman–Crippen MR) is 109 cm³/mol. The minimum Gasteiger partial charge on any atom is -0.508 e. The van der Waals surface area contributed by atoms with Crippen molar-refractivity contribution in [3.05, 3.63) is 29.3 Å². The topological polar surface area (TPSA) is 40.5 Å². The number of allylic oxidation sites excluding steroid dienone is 1. The van der Waals surface area contributed by atoms with Crippen LogP contribution in [-0.2, 0) is 0 Å². The zero-order valence-corrected chi connectivity index (χ0v) is 16.4. The summed E-state index contributed by atoms with van der Waals surface area (Å²) in [5.41, 5.74) is 1.40. The summed E-state index contributed by atoms with van der Waals surface area (Å²) in [6.45, 7) is 4.06. The molecular formula is C23H38O2. The van der Waals surface area contributed by atoms with Crippen LogP contribution in [0.5, 0.6) is 11.5 Å². The average Bonchev–Trinajstić information content (AvgIpc) is 2.59. The summed E-state index contributed by atoms with van der Waals surface area (Å²) >= 11 is 0. The highest BCUT2D eigenvalue weighted by molar-refractivity contribution is 5.60. The molecule has 0 heterocycles. The molecule has 2 N–H and O–H groups in total. The van der Waals surface area contributed by atoms with Crippen LogP contribution >= 0.6 is 0 Å². The molecule has 0 atom stereocenters. The van der Waals surface area contributed by atoms with Crippen molar-refractivity contribution in [1.82, 2.24) is 0 Å². The van der Waals surface area contributed by atoms with Gasteiger partial charge in [0.2, 0.25) is 0 Å². The highest BCUT2D eigenvalue weighted by atomic mass is 16.3. The van der Waals surface area contributed by atoms with Gasteiger partial charge in [0.15, 0.2) is 0 Å². The van der Waals surface area contributed by atoms with Crippen LogP contribution in [0.3, 0.4) is 0 Å². The number of unbranched alkanes of at least 4 members (excludes halogenated alkanes) is 12. The standard InChI is InChI=1S/C23H38O2/c1-3-4-5-6-7-8-9-10-11-12-13-14-15-16-17-21-19-22(24)20(2)18-23(21)25/h16-19,24-25H,3-15H2,1-2H3. The highest BCUT2D eigenvalue weighted by Gasteiger charge is 2.02. The Bertz CT molecular complexity index is 491. The lowest BCUT2D eigenvalue weighted by Crippen LogP contribution is -1.82. The van der Waals surface area contributed by atoms with E-state index in [4.69, 9.17) is 0 Å². The smallest absolute Gasteiger partial charge is 0.123 e. The number of hydrogen-bond donors (Lipinski definition) is 2. The molecule has 0 fully saturated rings. The molecule has 2 heteroatoms. The Balaban J connectivity index is 1.98. The number of phenols is 2. The van der Waals surface area contributed by atoms with Crippen molar-refractivity contribution in [2.45, 2.75) is 97.3 Å². The van der Waals surface area contributed by atoms with E-state index in [9.17, 15) is 10.2 Å². The Kier molecular flexibility index (Phi) is 11.9. The summed E-state index contributed by atoms with van der Waals surface area (Å²) in [4.78, 5) is 0. The molecule has 0 aliphatic rings. The number of aryl methyl sites for hydroxylation is 1. The van der Waals surface area contributed by atoms with Crippen LogP contribution in [0.15, 0.2) is 18.2 Å². The van der Waals surface area contributed by atoms with E-state index in [2.05, 4.69) is 13.0 Å². The molecule has 0 unspecified atom stereocenters. The van der Waals surface area contributed by atoms with E-state index in [1.165, 1.54) is 77.0 Å². The van der Waals surface area contributed by atoms with Gasteiger partial charge >= 0.3 is 0 Å². The van der Waals surface area contributed by atoms with Crippen molar-refractivity contribution in [3.8, 4) is 11.5 Å². The molecule has 0 amide bonds. The van der Waals surface area contributed by atoms with Crippen LogP contribution in [0, 0.1) is 6.92 Å². The number of rotatable bonds is 14. The molecule has 142 valence electrons. The first-order valence-corrected chi connectivity index (χ1v) is 10.3. The van der Waals surface area contributed by atoms with E-state index in [-0.39, 0.29) is 11.5 Å². The first-order valence-electron chi connectivity index (χ1n) is 10.3. The largest absolute Gasteiger partial charge is 0.508 e. The minimum atomic E-state index is 0.237. The molecule has 25 heavy (non-hydrogen) atoms. The van der Waals surface area contributed by atoms with E-state index in [0.29, 0.717) is 11.1 Å². The van der Waals surface area contributed by atoms with Crippen LogP contribution < -0.4 is 0 Å². The van der Waals surface area contributed by atoms with E-state index in [0.717, 1.165) is 6.42 Å². The number of benzene rings is 1. The van der Waals surface area contributed by atoms with Gasteiger partial charge < -0.3 is 10.2 Å². The molecule has 0 aromatic heterocycles. The molecular weight excluding hydrogens is 308 g/mol. The summed E-state index contributed by atoms with van der Waals surface area (Å²) in [5.74, 6) is 0.476. The van der Waals surface area contributed by atoms with Gasteiger partial charge in [0.1, 0.15) is 11.5 Å². The summed E-state index contributed by atoms with van der Waals surface area (Å²) < 4.78 is 0. The molecule has 0 bridgehead atoms. The second-order valence-electron chi connectivity index (χ2n) is 7.28. The quantitative estimate of drug-likeness (QED) is 0.270. The third kappa shape index (κ3) is 10.2. The maximum absolute atomic E-state index is 9.86. The van der Waals surface area contributed by atoms with Crippen molar-refractivity contribution < 1.29 is 10.2 Å². The van der Waals surface area contributed by atoms with Gasteiger partial charge in [-0.3, -0.25) is 0 Å². The van der Waals surface area contributed by atoms with Crippen LogP contribution in [-0.4, -0.2) is 10.2 Å². The van der Waals surface area contributed by atoms with Gasteiger partial charge in [-0.15, -0.1) is 0 Å². The fourth-order valence-corrected chi connectivity index (χ4v) is 3.14. The Morgan fingerprint density at radius 2 is 1.24 bits per heavy atom. The third-order valence-corrected chi connectivity index (χ3v) is 4.87. The fourth-order valence-electron chi connectivity index (χ4n) is 3.14. The van der Waals surface area contributed by atoms with Gasteiger partial charge in [-0.2, -0.15) is 0 Å². The predicted octanol–water partition coefficient (Wildman–Crippen LogP) is 7.51. The molecule has 0 saturated heterocycles. The van der Waals surface area contributed by atoms with E-state index in [1.807, 2.05) is 6.08 Å². The Labute approximate surface area is 155 Å². The van der Waals surface area contributed by atoms with Crippen molar-refractivity contribution in [1.29, 1.82) is 0 Å². The van der Waals surface area contributed by atoms with Crippen LogP contribution in [0.1, 0.15) is 102 Å². The Hall–Kier alpha value is -1.44. The van der Waals surface area contributed by atoms with Gasteiger partial charge in [-0.05, 0) is 37.5 Å². The van der Waals surface area contributed by atoms with Crippen LogP contribution in [0.4, 0.5) is 0 Å². The number of aromatic hydroxyl groups is 2. The molecule has 0 saturated carbocycles. The summed E-state index contributed by atoms with van der Waals surface area (Å²) in [6.07, 6.45) is 21.4. The maximum atomic E-state index is 9.86. The van der Waals surface area contributed by atoms with Crippen molar-refractivity contribution >= 4 is 6.08 Å². The molecule has 1 aromatic carbocycles.